The summed E-state index contributed by atoms with van der Waals surface area (Å²) >= 11 is 0. The number of hydrogen-bond acceptors (Lipinski definition) is 4. The minimum Gasteiger partial charge on any atom is -0.412 e. The molecule has 0 bridgehead atoms. The van der Waals surface area contributed by atoms with E-state index in [0.29, 0.717) is 31.9 Å². The van der Waals surface area contributed by atoms with Gasteiger partial charge in [-0.2, -0.15) is 0 Å². The van der Waals surface area contributed by atoms with E-state index in [1.165, 1.54) is 57.4 Å². The van der Waals surface area contributed by atoms with Crippen molar-refractivity contribution >= 4 is 12.0 Å². The fourth-order valence-corrected chi connectivity index (χ4v) is 4.54. The number of cyclic esters (lactones) is 1. The molecule has 6 heteroatoms. The first-order valence-electron chi connectivity index (χ1n) is 12.8. The lowest BCUT2D eigenvalue weighted by atomic mass is 10.1. The summed E-state index contributed by atoms with van der Waals surface area (Å²) < 4.78 is 11.3. The van der Waals surface area contributed by atoms with Crippen LogP contribution in [0.15, 0.2) is 42.2 Å². The van der Waals surface area contributed by atoms with E-state index < -0.39 is 0 Å². The van der Waals surface area contributed by atoms with Gasteiger partial charge in [-0.1, -0.05) is 95.0 Å². The zero-order valence-corrected chi connectivity index (χ0v) is 20.1. The van der Waals surface area contributed by atoms with Gasteiger partial charge in [0.15, 0.2) is 0 Å². The summed E-state index contributed by atoms with van der Waals surface area (Å²) in [5.74, 6) is 0.246. The van der Waals surface area contributed by atoms with Gasteiger partial charge in [-0.3, -0.25) is 9.69 Å². The van der Waals surface area contributed by atoms with Crippen LogP contribution in [0.5, 0.6) is 0 Å². The highest BCUT2D eigenvalue weighted by Gasteiger charge is 2.45. The van der Waals surface area contributed by atoms with Crippen LogP contribution < -0.4 is 5.32 Å². The van der Waals surface area contributed by atoms with E-state index in [2.05, 4.69) is 12.2 Å². The third kappa shape index (κ3) is 8.50. The summed E-state index contributed by atoms with van der Waals surface area (Å²) in [6.07, 6.45) is 14.3. The van der Waals surface area contributed by atoms with Gasteiger partial charge in [0.25, 0.3) is 0 Å². The topological polar surface area (TPSA) is 67.9 Å². The summed E-state index contributed by atoms with van der Waals surface area (Å²) in [7, 11) is 0. The number of nitrogens with zero attached hydrogens (tertiary/aromatic N) is 1. The Morgan fingerprint density at radius 1 is 1.06 bits per heavy atom. The summed E-state index contributed by atoms with van der Waals surface area (Å²) in [6.45, 7) is 3.91. The monoisotopic (exact) mass is 456 g/mol. The fourth-order valence-electron chi connectivity index (χ4n) is 4.54. The largest absolute Gasteiger partial charge is 0.415 e. The van der Waals surface area contributed by atoms with E-state index in [1.807, 2.05) is 30.3 Å². The van der Waals surface area contributed by atoms with E-state index in [9.17, 15) is 9.59 Å². The lowest BCUT2D eigenvalue weighted by Gasteiger charge is -2.12. The van der Waals surface area contributed by atoms with Gasteiger partial charge < -0.3 is 14.8 Å². The predicted octanol–water partition coefficient (Wildman–Crippen LogP) is 5.72. The molecular formula is C27H40N2O4. The first-order chi connectivity index (χ1) is 16.2. The van der Waals surface area contributed by atoms with Crippen LogP contribution in [0.1, 0.15) is 83.1 Å². The number of benzene rings is 1. The minimum atomic E-state index is -0.389. The fraction of sp³-hybridized carbons (Fsp3) is 0.630. The smallest absolute Gasteiger partial charge is 0.412 e. The number of nitrogens with one attached hydrogen (secondary N) is 1. The second-order valence-electron chi connectivity index (χ2n) is 9.21. The van der Waals surface area contributed by atoms with Crippen LogP contribution in [0.4, 0.5) is 4.79 Å². The standard InChI is InChI=1S/C27H40N2O4/c1-2-3-4-5-6-7-8-9-10-14-17-28-26(30)19-25-24-18-23(20-29(24)27(31)33-25)32-21-22-15-12-11-13-16-22/h11-13,15-16,19,23-24H,2-10,14,17-18,20-21H2,1H3,(H,28,30)/b25-19-/t23-,24+/m1/s1. The van der Waals surface area contributed by atoms with E-state index in [-0.39, 0.29) is 24.1 Å². The second kappa shape index (κ2) is 14.0. The number of fused-ring (bicyclic) bond motifs is 1. The minimum absolute atomic E-state index is 0.0545. The SMILES string of the molecule is CCCCCCCCCCCCNC(=O)/C=C1\OC(=O)N2C[C@H](OCc3ccccc3)C[C@@H]12. The van der Waals surface area contributed by atoms with Gasteiger partial charge in [-0.15, -0.1) is 0 Å². The lowest BCUT2D eigenvalue weighted by Crippen LogP contribution is -2.28. The molecule has 2 aliphatic rings. The van der Waals surface area contributed by atoms with E-state index in [4.69, 9.17) is 9.47 Å². The number of ether oxygens (including phenoxy) is 2. The first-order valence-corrected chi connectivity index (χ1v) is 12.8. The maximum Gasteiger partial charge on any atom is 0.415 e. The Hall–Kier alpha value is -2.34. The molecule has 2 amide bonds. The summed E-state index contributed by atoms with van der Waals surface area (Å²) in [5, 5.41) is 2.93. The van der Waals surface area contributed by atoms with Crippen molar-refractivity contribution in [2.24, 2.45) is 0 Å². The molecule has 0 aliphatic carbocycles. The number of unbranched alkanes of at least 4 members (excludes halogenated alkanes) is 9. The van der Waals surface area contributed by atoms with E-state index in [1.54, 1.807) is 4.90 Å². The van der Waals surface area contributed by atoms with Crippen LogP contribution in [0.25, 0.3) is 0 Å². The van der Waals surface area contributed by atoms with Crippen molar-refractivity contribution in [3.05, 3.63) is 47.7 Å². The highest BCUT2D eigenvalue weighted by atomic mass is 16.6. The quantitative estimate of drug-likeness (QED) is 0.271. The van der Waals surface area contributed by atoms with Crippen LogP contribution in [-0.2, 0) is 20.9 Å². The predicted molar refractivity (Wildman–Crippen MR) is 130 cm³/mol. The number of carbonyl (C=O) groups is 2. The molecule has 1 N–H and O–H groups in total. The zero-order chi connectivity index (χ0) is 23.3. The maximum atomic E-state index is 12.3. The van der Waals surface area contributed by atoms with E-state index in [0.717, 1.165) is 18.4 Å². The van der Waals surface area contributed by atoms with Crippen molar-refractivity contribution in [1.82, 2.24) is 10.2 Å². The Morgan fingerprint density at radius 3 is 2.42 bits per heavy atom. The van der Waals surface area contributed by atoms with Gasteiger partial charge in [0.2, 0.25) is 5.91 Å². The highest BCUT2D eigenvalue weighted by Crippen LogP contribution is 2.33. The second-order valence-corrected chi connectivity index (χ2v) is 9.21. The van der Waals surface area contributed by atoms with Crippen LogP contribution in [0, 0.1) is 0 Å². The van der Waals surface area contributed by atoms with Crippen molar-refractivity contribution < 1.29 is 19.1 Å². The third-order valence-corrected chi connectivity index (χ3v) is 6.46. The molecular weight excluding hydrogens is 416 g/mol. The molecule has 0 spiro atoms. The van der Waals surface area contributed by atoms with Crippen molar-refractivity contribution in [3.63, 3.8) is 0 Å². The first kappa shape index (κ1) is 25.3. The molecule has 0 saturated carbocycles. The highest BCUT2D eigenvalue weighted by molar-refractivity contribution is 5.89. The maximum absolute atomic E-state index is 12.3. The number of hydrogen-bond donors (Lipinski definition) is 1. The lowest BCUT2D eigenvalue weighted by molar-refractivity contribution is -0.116. The Morgan fingerprint density at radius 2 is 1.73 bits per heavy atom. The number of carbonyl (C=O) groups excluding carboxylic acids is 2. The Labute approximate surface area is 198 Å². The van der Waals surface area contributed by atoms with Crippen LogP contribution in [-0.4, -0.2) is 42.1 Å². The van der Waals surface area contributed by atoms with Gasteiger partial charge in [0, 0.05) is 19.0 Å². The molecule has 3 rings (SSSR count). The normalized spacial score (nSPS) is 20.8. The van der Waals surface area contributed by atoms with Crippen LogP contribution >= 0.6 is 0 Å². The Balaban J connectivity index is 1.30. The molecule has 0 aromatic heterocycles. The van der Waals surface area contributed by atoms with Crippen LogP contribution in [0.2, 0.25) is 0 Å². The molecule has 2 aliphatic heterocycles. The average molecular weight is 457 g/mol. The molecule has 1 aromatic carbocycles. The summed E-state index contributed by atoms with van der Waals surface area (Å²) in [6, 6.07) is 9.78. The average Bonchev–Trinajstić information content (AvgIpc) is 3.37. The molecule has 2 fully saturated rings. The van der Waals surface area contributed by atoms with E-state index >= 15 is 0 Å². The van der Waals surface area contributed by atoms with Gasteiger partial charge >= 0.3 is 6.09 Å². The number of amides is 2. The molecule has 182 valence electrons. The van der Waals surface area contributed by atoms with Crippen molar-refractivity contribution in [2.75, 3.05) is 13.1 Å². The van der Waals surface area contributed by atoms with Gasteiger partial charge in [-0.25, -0.2) is 4.79 Å². The van der Waals surface area contributed by atoms with Crippen molar-refractivity contribution in [2.45, 2.75) is 96.3 Å². The summed E-state index contributed by atoms with van der Waals surface area (Å²) in [4.78, 5) is 26.2. The van der Waals surface area contributed by atoms with Gasteiger partial charge in [0.05, 0.1) is 25.3 Å². The molecule has 33 heavy (non-hydrogen) atoms. The Bertz CT molecular complexity index is 765. The number of rotatable bonds is 15. The van der Waals surface area contributed by atoms with Gasteiger partial charge in [0.1, 0.15) is 5.76 Å². The molecule has 2 atom stereocenters. The molecule has 0 unspecified atom stereocenters. The van der Waals surface area contributed by atoms with Gasteiger partial charge in [-0.05, 0) is 12.0 Å². The molecule has 0 radical (unpaired) electrons. The Kier molecular flexibility index (Phi) is 10.8. The summed E-state index contributed by atoms with van der Waals surface area (Å²) in [5.41, 5.74) is 1.11. The molecule has 6 nitrogen and oxygen atoms in total. The van der Waals surface area contributed by atoms with Crippen molar-refractivity contribution in [1.29, 1.82) is 0 Å². The zero-order valence-electron chi connectivity index (χ0n) is 20.1. The molecule has 2 heterocycles. The van der Waals surface area contributed by atoms with Crippen LogP contribution in [0.3, 0.4) is 0 Å². The molecule has 2 saturated heterocycles. The molecule has 1 aromatic rings. The third-order valence-electron chi connectivity index (χ3n) is 6.46. The van der Waals surface area contributed by atoms with Crippen molar-refractivity contribution in [3.8, 4) is 0 Å².